The first-order valence-electron chi connectivity index (χ1n) is 7.68. The standard InChI is InChI=1S/C16H28ClN3/c1-5-7-8-20(6-2)16-9-14(15(17)12-19-16)11-18-10-13(3)4/h9,12-13,18H,5-8,10-11H2,1-4H3. The molecule has 1 rings (SSSR count). The SMILES string of the molecule is CCCCN(CC)c1cc(CNCC(C)C)c(Cl)cn1. The summed E-state index contributed by atoms with van der Waals surface area (Å²) in [7, 11) is 0. The lowest BCUT2D eigenvalue weighted by atomic mass is 10.2. The van der Waals surface area contributed by atoms with Crippen molar-refractivity contribution in [3.63, 3.8) is 0 Å². The minimum Gasteiger partial charge on any atom is -0.357 e. The monoisotopic (exact) mass is 297 g/mol. The fraction of sp³-hybridized carbons (Fsp3) is 0.688. The Morgan fingerprint density at radius 3 is 2.70 bits per heavy atom. The molecule has 20 heavy (non-hydrogen) atoms. The van der Waals surface area contributed by atoms with Crippen LogP contribution in [0.25, 0.3) is 0 Å². The van der Waals surface area contributed by atoms with Crippen LogP contribution in [0.1, 0.15) is 46.1 Å². The van der Waals surface area contributed by atoms with E-state index in [1.165, 1.54) is 12.8 Å². The molecule has 0 saturated heterocycles. The molecule has 0 aliphatic rings. The summed E-state index contributed by atoms with van der Waals surface area (Å²) >= 11 is 6.24. The van der Waals surface area contributed by atoms with Crippen LogP contribution in [0.4, 0.5) is 5.82 Å². The molecule has 0 atom stereocenters. The number of pyridine rings is 1. The molecule has 4 heteroatoms. The van der Waals surface area contributed by atoms with Crippen molar-refractivity contribution in [2.45, 2.75) is 47.1 Å². The number of anilines is 1. The van der Waals surface area contributed by atoms with E-state index in [4.69, 9.17) is 11.6 Å². The molecular formula is C16H28ClN3. The van der Waals surface area contributed by atoms with Crippen molar-refractivity contribution in [3.05, 3.63) is 22.8 Å². The maximum atomic E-state index is 6.24. The zero-order chi connectivity index (χ0) is 15.0. The highest BCUT2D eigenvalue weighted by molar-refractivity contribution is 6.31. The van der Waals surface area contributed by atoms with Gasteiger partial charge < -0.3 is 10.2 Å². The molecule has 0 spiro atoms. The Hall–Kier alpha value is -0.800. The topological polar surface area (TPSA) is 28.2 Å². The van der Waals surface area contributed by atoms with Gasteiger partial charge in [0.25, 0.3) is 0 Å². The van der Waals surface area contributed by atoms with Crippen LogP contribution in [0.15, 0.2) is 12.3 Å². The summed E-state index contributed by atoms with van der Waals surface area (Å²) in [5.41, 5.74) is 1.13. The van der Waals surface area contributed by atoms with E-state index in [0.29, 0.717) is 5.92 Å². The Morgan fingerprint density at radius 1 is 1.35 bits per heavy atom. The summed E-state index contributed by atoms with van der Waals surface area (Å²) in [6, 6.07) is 2.12. The third-order valence-corrected chi connectivity index (χ3v) is 3.62. The molecule has 1 N–H and O–H groups in total. The zero-order valence-electron chi connectivity index (χ0n) is 13.2. The molecule has 0 radical (unpaired) electrons. The van der Waals surface area contributed by atoms with Crippen LogP contribution in [-0.2, 0) is 6.54 Å². The highest BCUT2D eigenvalue weighted by Crippen LogP contribution is 2.20. The van der Waals surface area contributed by atoms with E-state index in [-0.39, 0.29) is 0 Å². The number of hydrogen-bond donors (Lipinski definition) is 1. The Kier molecular flexibility index (Phi) is 7.93. The molecule has 1 heterocycles. The minimum absolute atomic E-state index is 0.645. The third kappa shape index (κ3) is 5.68. The first-order chi connectivity index (χ1) is 9.58. The summed E-state index contributed by atoms with van der Waals surface area (Å²) < 4.78 is 0. The van der Waals surface area contributed by atoms with Gasteiger partial charge in [-0.1, -0.05) is 38.8 Å². The summed E-state index contributed by atoms with van der Waals surface area (Å²) in [6.45, 7) is 12.6. The molecule has 0 bridgehead atoms. The van der Waals surface area contributed by atoms with E-state index < -0.39 is 0 Å². The fourth-order valence-corrected chi connectivity index (χ4v) is 2.23. The average molecular weight is 298 g/mol. The molecular weight excluding hydrogens is 270 g/mol. The lowest BCUT2D eigenvalue weighted by molar-refractivity contribution is 0.552. The number of unbranched alkanes of at least 4 members (excludes halogenated alkanes) is 1. The molecule has 0 saturated carbocycles. The van der Waals surface area contributed by atoms with Gasteiger partial charge in [-0.15, -0.1) is 0 Å². The number of rotatable bonds is 9. The van der Waals surface area contributed by atoms with Crippen LogP contribution in [0.5, 0.6) is 0 Å². The third-order valence-electron chi connectivity index (χ3n) is 3.28. The maximum absolute atomic E-state index is 6.24. The lowest BCUT2D eigenvalue weighted by Gasteiger charge is -2.22. The molecule has 0 amide bonds. The van der Waals surface area contributed by atoms with E-state index in [1.54, 1.807) is 6.20 Å². The van der Waals surface area contributed by atoms with Gasteiger partial charge in [0.1, 0.15) is 5.82 Å². The molecule has 3 nitrogen and oxygen atoms in total. The van der Waals surface area contributed by atoms with Crippen LogP contribution in [-0.4, -0.2) is 24.6 Å². The largest absolute Gasteiger partial charge is 0.357 e. The van der Waals surface area contributed by atoms with E-state index in [0.717, 1.165) is 42.6 Å². The van der Waals surface area contributed by atoms with Crippen molar-refractivity contribution in [2.75, 3.05) is 24.5 Å². The summed E-state index contributed by atoms with van der Waals surface area (Å²) in [6.07, 6.45) is 4.17. The van der Waals surface area contributed by atoms with Crippen LogP contribution in [0, 0.1) is 5.92 Å². The first-order valence-corrected chi connectivity index (χ1v) is 8.06. The summed E-state index contributed by atoms with van der Waals surface area (Å²) in [4.78, 5) is 6.78. The normalized spacial score (nSPS) is 11.1. The van der Waals surface area contributed by atoms with Crippen LogP contribution in [0.2, 0.25) is 5.02 Å². The predicted octanol–water partition coefficient (Wildman–Crippen LogP) is 4.11. The average Bonchev–Trinajstić information content (AvgIpc) is 2.42. The second-order valence-corrected chi connectivity index (χ2v) is 6.00. The summed E-state index contributed by atoms with van der Waals surface area (Å²) in [5, 5.41) is 4.19. The zero-order valence-corrected chi connectivity index (χ0v) is 14.0. The van der Waals surface area contributed by atoms with E-state index in [9.17, 15) is 0 Å². The van der Waals surface area contributed by atoms with E-state index in [2.05, 4.69) is 49.0 Å². The van der Waals surface area contributed by atoms with Crippen LogP contribution >= 0.6 is 11.6 Å². The van der Waals surface area contributed by atoms with Gasteiger partial charge >= 0.3 is 0 Å². The Bertz CT molecular complexity index is 393. The quantitative estimate of drug-likeness (QED) is 0.743. The van der Waals surface area contributed by atoms with E-state index in [1.807, 2.05) is 0 Å². The van der Waals surface area contributed by atoms with Gasteiger partial charge in [-0.2, -0.15) is 0 Å². The van der Waals surface area contributed by atoms with Gasteiger partial charge in [0.15, 0.2) is 0 Å². The number of nitrogens with one attached hydrogen (secondary N) is 1. The summed E-state index contributed by atoms with van der Waals surface area (Å²) in [5.74, 6) is 1.68. The molecule has 1 aromatic heterocycles. The van der Waals surface area contributed by atoms with Crippen molar-refractivity contribution in [3.8, 4) is 0 Å². The van der Waals surface area contributed by atoms with Crippen molar-refractivity contribution < 1.29 is 0 Å². The molecule has 0 aliphatic heterocycles. The Balaban J connectivity index is 2.73. The second-order valence-electron chi connectivity index (χ2n) is 5.59. The highest BCUT2D eigenvalue weighted by Gasteiger charge is 2.09. The van der Waals surface area contributed by atoms with Gasteiger partial charge in [-0.05, 0) is 37.4 Å². The van der Waals surface area contributed by atoms with Crippen LogP contribution < -0.4 is 10.2 Å². The number of nitrogens with zero attached hydrogens (tertiary/aromatic N) is 2. The van der Waals surface area contributed by atoms with Crippen LogP contribution in [0.3, 0.4) is 0 Å². The molecule has 1 aromatic rings. The van der Waals surface area contributed by atoms with Gasteiger partial charge in [-0.25, -0.2) is 4.98 Å². The highest BCUT2D eigenvalue weighted by atomic mass is 35.5. The minimum atomic E-state index is 0.645. The number of hydrogen-bond acceptors (Lipinski definition) is 3. The number of halogens is 1. The molecule has 0 unspecified atom stereocenters. The maximum Gasteiger partial charge on any atom is 0.128 e. The van der Waals surface area contributed by atoms with Crippen molar-refractivity contribution in [1.82, 2.24) is 10.3 Å². The molecule has 0 aromatic carbocycles. The number of aromatic nitrogens is 1. The molecule has 0 aliphatic carbocycles. The predicted molar refractivity (Wildman–Crippen MR) is 88.6 cm³/mol. The van der Waals surface area contributed by atoms with Gasteiger partial charge in [0.05, 0.1) is 5.02 Å². The van der Waals surface area contributed by atoms with Crippen molar-refractivity contribution >= 4 is 17.4 Å². The first kappa shape index (κ1) is 17.3. The van der Waals surface area contributed by atoms with Gasteiger partial charge in [-0.3, -0.25) is 0 Å². The van der Waals surface area contributed by atoms with Crippen molar-refractivity contribution in [2.24, 2.45) is 5.92 Å². The molecule has 0 fully saturated rings. The second kappa shape index (κ2) is 9.19. The van der Waals surface area contributed by atoms with E-state index >= 15 is 0 Å². The Labute approximate surface area is 128 Å². The molecule has 114 valence electrons. The lowest BCUT2D eigenvalue weighted by Crippen LogP contribution is -2.25. The van der Waals surface area contributed by atoms with Crippen molar-refractivity contribution in [1.29, 1.82) is 0 Å². The van der Waals surface area contributed by atoms with Gasteiger partial charge in [0.2, 0.25) is 0 Å². The fourth-order valence-electron chi connectivity index (χ4n) is 2.06. The smallest absolute Gasteiger partial charge is 0.128 e. The van der Waals surface area contributed by atoms with Gasteiger partial charge in [0, 0.05) is 25.8 Å². The Morgan fingerprint density at radius 2 is 2.10 bits per heavy atom.